The summed E-state index contributed by atoms with van der Waals surface area (Å²) in [5.74, 6) is 0.293. The van der Waals surface area contributed by atoms with Gasteiger partial charge in [-0.3, -0.25) is 0 Å². The Kier molecular flexibility index (Phi) is 2.98. The van der Waals surface area contributed by atoms with E-state index < -0.39 is 11.6 Å². The van der Waals surface area contributed by atoms with Crippen molar-refractivity contribution in [2.75, 3.05) is 18.0 Å². The Labute approximate surface area is 106 Å². The summed E-state index contributed by atoms with van der Waals surface area (Å²) in [5.41, 5.74) is 6.07. The average Bonchev–Trinajstić information content (AvgIpc) is 2.88. The van der Waals surface area contributed by atoms with E-state index in [0.717, 1.165) is 13.1 Å². The van der Waals surface area contributed by atoms with Crippen LogP contribution in [0.3, 0.4) is 0 Å². The monoisotopic (exact) mass is 252 g/mol. The Morgan fingerprint density at radius 2 is 1.67 bits per heavy atom. The van der Waals surface area contributed by atoms with Gasteiger partial charge < -0.3 is 10.6 Å². The van der Waals surface area contributed by atoms with Gasteiger partial charge in [0.1, 0.15) is 17.3 Å². The molecule has 2 unspecified atom stereocenters. The number of hydrogen-bond acceptors (Lipinski definition) is 2. The standard InChI is InChI=1S/C14H18F2N2/c15-12-4-9(6-17)5-13(16)14(12)18-7-10-2-1-3-11(10)8-18/h4-5,10-11H,1-3,6-8,17H2. The van der Waals surface area contributed by atoms with Gasteiger partial charge in [-0.2, -0.15) is 0 Å². The molecule has 2 N–H and O–H groups in total. The number of halogens is 2. The van der Waals surface area contributed by atoms with Gasteiger partial charge in [0.2, 0.25) is 0 Å². The van der Waals surface area contributed by atoms with E-state index in [4.69, 9.17) is 5.73 Å². The van der Waals surface area contributed by atoms with Crippen LogP contribution < -0.4 is 10.6 Å². The maximum Gasteiger partial charge on any atom is 0.149 e. The van der Waals surface area contributed by atoms with Crippen molar-refractivity contribution in [2.45, 2.75) is 25.8 Å². The van der Waals surface area contributed by atoms with Crippen molar-refractivity contribution in [1.82, 2.24) is 0 Å². The van der Waals surface area contributed by atoms with Crippen LogP contribution in [-0.2, 0) is 6.54 Å². The number of hydrogen-bond donors (Lipinski definition) is 1. The highest BCUT2D eigenvalue weighted by molar-refractivity contribution is 5.52. The molecule has 18 heavy (non-hydrogen) atoms. The van der Waals surface area contributed by atoms with E-state index in [1.165, 1.54) is 31.4 Å². The summed E-state index contributed by atoms with van der Waals surface area (Å²) in [4.78, 5) is 1.87. The summed E-state index contributed by atoms with van der Waals surface area (Å²) in [7, 11) is 0. The van der Waals surface area contributed by atoms with Gasteiger partial charge in [0.05, 0.1) is 0 Å². The minimum Gasteiger partial charge on any atom is -0.366 e. The summed E-state index contributed by atoms with van der Waals surface area (Å²) in [6.07, 6.45) is 3.66. The number of nitrogens with zero attached hydrogens (tertiary/aromatic N) is 1. The first-order valence-corrected chi connectivity index (χ1v) is 6.62. The lowest BCUT2D eigenvalue weighted by Gasteiger charge is -2.21. The third-order valence-electron chi connectivity index (χ3n) is 4.35. The number of nitrogens with two attached hydrogens (primary N) is 1. The normalized spacial score (nSPS) is 26.7. The maximum atomic E-state index is 14.0. The lowest BCUT2D eigenvalue weighted by atomic mass is 10.0. The third-order valence-corrected chi connectivity index (χ3v) is 4.35. The van der Waals surface area contributed by atoms with Crippen LogP contribution in [0, 0.1) is 23.5 Å². The molecule has 1 heterocycles. The van der Waals surface area contributed by atoms with Crippen LogP contribution >= 0.6 is 0 Å². The molecule has 2 aliphatic rings. The van der Waals surface area contributed by atoms with Gasteiger partial charge in [-0.15, -0.1) is 0 Å². The SMILES string of the molecule is NCc1cc(F)c(N2CC3CCCC3C2)c(F)c1. The number of fused-ring (bicyclic) bond motifs is 1. The maximum absolute atomic E-state index is 14.0. The highest BCUT2D eigenvalue weighted by atomic mass is 19.1. The highest BCUT2D eigenvalue weighted by Crippen LogP contribution is 2.40. The van der Waals surface area contributed by atoms with Crippen LogP contribution in [0.1, 0.15) is 24.8 Å². The molecule has 2 atom stereocenters. The van der Waals surface area contributed by atoms with Crippen molar-refractivity contribution in [3.8, 4) is 0 Å². The molecule has 0 amide bonds. The zero-order chi connectivity index (χ0) is 12.7. The molecule has 4 heteroatoms. The van der Waals surface area contributed by atoms with Crippen LogP contribution in [0.4, 0.5) is 14.5 Å². The molecule has 1 aliphatic heterocycles. The van der Waals surface area contributed by atoms with Crippen LogP contribution in [-0.4, -0.2) is 13.1 Å². The van der Waals surface area contributed by atoms with E-state index in [1.807, 2.05) is 4.90 Å². The van der Waals surface area contributed by atoms with E-state index >= 15 is 0 Å². The fourth-order valence-corrected chi connectivity index (χ4v) is 3.46. The van der Waals surface area contributed by atoms with E-state index in [9.17, 15) is 8.78 Å². The van der Waals surface area contributed by atoms with Crippen molar-refractivity contribution in [2.24, 2.45) is 17.6 Å². The molecule has 1 aromatic carbocycles. The minimum absolute atomic E-state index is 0.140. The number of anilines is 1. The molecule has 0 radical (unpaired) electrons. The van der Waals surface area contributed by atoms with Crippen LogP contribution in [0.2, 0.25) is 0 Å². The Bertz CT molecular complexity index is 426. The first-order valence-electron chi connectivity index (χ1n) is 6.62. The summed E-state index contributed by atoms with van der Waals surface area (Å²) in [6.45, 7) is 1.75. The largest absolute Gasteiger partial charge is 0.366 e. The van der Waals surface area contributed by atoms with Crippen molar-refractivity contribution in [1.29, 1.82) is 0 Å². The van der Waals surface area contributed by atoms with Gasteiger partial charge in [-0.25, -0.2) is 8.78 Å². The fourth-order valence-electron chi connectivity index (χ4n) is 3.46. The summed E-state index contributed by atoms with van der Waals surface area (Å²) >= 11 is 0. The van der Waals surface area contributed by atoms with Crippen molar-refractivity contribution in [3.63, 3.8) is 0 Å². The molecule has 1 aliphatic carbocycles. The smallest absolute Gasteiger partial charge is 0.149 e. The van der Waals surface area contributed by atoms with Crippen LogP contribution in [0.15, 0.2) is 12.1 Å². The molecule has 3 rings (SSSR count). The molecule has 0 bridgehead atoms. The molecule has 1 saturated carbocycles. The van der Waals surface area contributed by atoms with Crippen molar-refractivity contribution >= 4 is 5.69 Å². The average molecular weight is 252 g/mol. The van der Waals surface area contributed by atoms with Gasteiger partial charge in [-0.05, 0) is 42.4 Å². The van der Waals surface area contributed by atoms with Gasteiger partial charge in [0.25, 0.3) is 0 Å². The molecule has 2 fully saturated rings. The molecular formula is C14H18F2N2. The molecule has 98 valence electrons. The Balaban J connectivity index is 1.89. The zero-order valence-electron chi connectivity index (χ0n) is 10.3. The second-order valence-corrected chi connectivity index (χ2v) is 5.47. The summed E-state index contributed by atoms with van der Waals surface area (Å²) < 4.78 is 28.0. The second kappa shape index (κ2) is 4.50. The van der Waals surface area contributed by atoms with Crippen molar-refractivity contribution in [3.05, 3.63) is 29.3 Å². The van der Waals surface area contributed by atoms with E-state index in [1.54, 1.807) is 0 Å². The molecule has 2 nitrogen and oxygen atoms in total. The molecular weight excluding hydrogens is 234 g/mol. The van der Waals surface area contributed by atoms with Gasteiger partial charge in [-0.1, -0.05) is 6.42 Å². The lowest BCUT2D eigenvalue weighted by Crippen LogP contribution is -2.23. The predicted octanol–water partition coefficient (Wildman–Crippen LogP) is 2.66. The highest BCUT2D eigenvalue weighted by Gasteiger charge is 2.37. The number of rotatable bonds is 2. The topological polar surface area (TPSA) is 29.3 Å². The van der Waals surface area contributed by atoms with Crippen molar-refractivity contribution < 1.29 is 8.78 Å². The van der Waals surface area contributed by atoms with Gasteiger partial charge in [0.15, 0.2) is 0 Å². The Morgan fingerprint density at radius 1 is 1.11 bits per heavy atom. The zero-order valence-corrected chi connectivity index (χ0v) is 10.3. The molecule has 0 spiro atoms. The minimum atomic E-state index is -0.476. The number of benzene rings is 1. The molecule has 1 aromatic rings. The molecule has 0 aromatic heterocycles. The third kappa shape index (κ3) is 1.88. The van der Waals surface area contributed by atoms with E-state index in [-0.39, 0.29) is 12.2 Å². The first-order chi connectivity index (χ1) is 8.69. The quantitative estimate of drug-likeness (QED) is 0.876. The van der Waals surface area contributed by atoms with Crippen LogP contribution in [0.5, 0.6) is 0 Å². The Morgan fingerprint density at radius 3 is 2.17 bits per heavy atom. The van der Waals surface area contributed by atoms with E-state index in [0.29, 0.717) is 17.4 Å². The fraction of sp³-hybridized carbons (Fsp3) is 0.571. The van der Waals surface area contributed by atoms with Gasteiger partial charge >= 0.3 is 0 Å². The lowest BCUT2D eigenvalue weighted by molar-refractivity contribution is 0.494. The predicted molar refractivity (Wildman–Crippen MR) is 67.3 cm³/mol. The summed E-state index contributed by atoms with van der Waals surface area (Å²) in [6, 6.07) is 2.71. The summed E-state index contributed by atoms with van der Waals surface area (Å²) in [5, 5.41) is 0. The molecule has 1 saturated heterocycles. The first kappa shape index (κ1) is 11.9. The Hall–Kier alpha value is -1.16. The van der Waals surface area contributed by atoms with Gasteiger partial charge in [0, 0.05) is 19.6 Å². The van der Waals surface area contributed by atoms with E-state index in [2.05, 4.69) is 0 Å². The van der Waals surface area contributed by atoms with Crippen LogP contribution in [0.25, 0.3) is 0 Å². The second-order valence-electron chi connectivity index (χ2n) is 5.47.